The first-order valence-electron chi connectivity index (χ1n) is 11.2. The van der Waals surface area contributed by atoms with Crippen molar-refractivity contribution in [3.63, 3.8) is 0 Å². The van der Waals surface area contributed by atoms with Crippen LogP contribution >= 0.6 is 0 Å². The molecule has 0 spiro atoms. The van der Waals surface area contributed by atoms with Gasteiger partial charge in [0.25, 0.3) is 0 Å². The Morgan fingerprint density at radius 3 is 1.50 bits per heavy atom. The normalized spacial score (nSPS) is 12.0. The van der Waals surface area contributed by atoms with Crippen molar-refractivity contribution in [3.8, 4) is 33.8 Å². The van der Waals surface area contributed by atoms with E-state index in [1.807, 2.05) is 30.3 Å². The Bertz CT molecular complexity index is 1140. The molecule has 4 N–H and O–H groups in total. The summed E-state index contributed by atoms with van der Waals surface area (Å²) in [5.41, 5.74) is 5.46. The Kier molecular flexibility index (Phi) is 6.67. The van der Waals surface area contributed by atoms with Gasteiger partial charge in [-0.2, -0.15) is 5.06 Å². The van der Waals surface area contributed by atoms with Crippen molar-refractivity contribution in [2.45, 2.75) is 58.9 Å². The predicted octanol–water partition coefficient (Wildman–Crippen LogP) is 6.90. The number of nitrogens with zero attached hydrogens (tertiary/aromatic N) is 1. The third kappa shape index (κ3) is 5.51. The summed E-state index contributed by atoms with van der Waals surface area (Å²) in [5.74, 6) is 0.344. The number of rotatable bonds is 4. The smallest absolute Gasteiger partial charge is 0.431 e. The van der Waals surface area contributed by atoms with E-state index in [9.17, 15) is 25.3 Å². The maximum absolute atomic E-state index is 11.3. The molecular formula is C28H33NO5. The zero-order valence-electron chi connectivity index (χ0n) is 20.5. The fourth-order valence-electron chi connectivity index (χ4n) is 4.14. The van der Waals surface area contributed by atoms with E-state index in [0.29, 0.717) is 5.56 Å². The quantitative estimate of drug-likeness (QED) is 0.249. The highest BCUT2D eigenvalue weighted by Gasteiger charge is 2.23. The van der Waals surface area contributed by atoms with Gasteiger partial charge in [0.2, 0.25) is 0 Å². The molecule has 1 amide bonds. The van der Waals surface area contributed by atoms with Gasteiger partial charge in [-0.3, -0.25) is 5.21 Å². The van der Waals surface area contributed by atoms with Crippen LogP contribution in [0.4, 0.5) is 4.79 Å². The fraction of sp³-hybridized carbons (Fsp3) is 0.321. The first-order valence-corrected chi connectivity index (χ1v) is 11.2. The molecule has 0 atom stereocenters. The van der Waals surface area contributed by atoms with Crippen LogP contribution in [-0.4, -0.2) is 31.7 Å². The van der Waals surface area contributed by atoms with Crippen LogP contribution in [0.2, 0.25) is 0 Å². The Balaban J connectivity index is 2.32. The van der Waals surface area contributed by atoms with E-state index in [1.165, 1.54) is 0 Å². The lowest BCUT2D eigenvalue weighted by Gasteiger charge is -2.26. The second kappa shape index (κ2) is 9.03. The molecule has 6 heteroatoms. The molecular weight excluding hydrogens is 430 g/mol. The van der Waals surface area contributed by atoms with Crippen molar-refractivity contribution < 1.29 is 25.3 Å². The van der Waals surface area contributed by atoms with E-state index < -0.39 is 6.09 Å². The Labute approximate surface area is 200 Å². The summed E-state index contributed by atoms with van der Waals surface area (Å²) >= 11 is 0. The monoisotopic (exact) mass is 463 g/mol. The van der Waals surface area contributed by atoms with Gasteiger partial charge in [-0.05, 0) is 92.2 Å². The van der Waals surface area contributed by atoms with Crippen LogP contribution in [0, 0.1) is 0 Å². The zero-order valence-corrected chi connectivity index (χ0v) is 20.5. The molecule has 0 fully saturated rings. The fourth-order valence-corrected chi connectivity index (χ4v) is 4.14. The first kappa shape index (κ1) is 25.1. The van der Waals surface area contributed by atoms with Gasteiger partial charge in [0.15, 0.2) is 0 Å². The number of hydrogen-bond donors (Lipinski definition) is 4. The summed E-state index contributed by atoms with van der Waals surface area (Å²) in [6, 6.07) is 16.2. The van der Waals surface area contributed by atoms with Gasteiger partial charge >= 0.3 is 6.09 Å². The molecule has 0 aliphatic heterocycles. The average molecular weight is 464 g/mol. The topological polar surface area (TPSA) is 101 Å². The van der Waals surface area contributed by atoms with Gasteiger partial charge in [0.1, 0.15) is 11.5 Å². The standard InChI is InChI=1S/C28H33NO5/c1-27(2,3)24-14-20(30)7-9-22(24)18-11-17(16-29(34)26(32)33)12-19(13-18)23-10-8-21(31)15-25(23)28(4,5)6/h7-15,30-31,34H,16H2,1-6H3,(H,32,33). The van der Waals surface area contributed by atoms with Gasteiger partial charge in [0, 0.05) is 0 Å². The van der Waals surface area contributed by atoms with Crippen molar-refractivity contribution in [3.05, 3.63) is 71.3 Å². The molecule has 0 aliphatic carbocycles. The molecule has 0 saturated heterocycles. The molecule has 0 aliphatic rings. The average Bonchev–Trinajstić information content (AvgIpc) is 2.72. The molecule has 0 unspecified atom stereocenters. The lowest BCUT2D eigenvalue weighted by Crippen LogP contribution is -2.24. The SMILES string of the molecule is CC(C)(C)c1cc(O)ccc1-c1cc(CN(O)C(=O)O)cc(-c2ccc(O)cc2C(C)(C)C)c1. The highest BCUT2D eigenvalue weighted by Crippen LogP contribution is 2.40. The van der Waals surface area contributed by atoms with E-state index in [4.69, 9.17) is 0 Å². The van der Waals surface area contributed by atoms with Crippen molar-refractivity contribution >= 4 is 6.09 Å². The largest absolute Gasteiger partial charge is 0.508 e. The van der Waals surface area contributed by atoms with Crippen molar-refractivity contribution in [1.29, 1.82) is 0 Å². The maximum atomic E-state index is 11.3. The molecule has 3 aromatic carbocycles. The van der Waals surface area contributed by atoms with Crippen LogP contribution in [0.15, 0.2) is 54.6 Å². The van der Waals surface area contributed by atoms with Gasteiger partial charge in [-0.25, -0.2) is 4.79 Å². The number of hydroxylamine groups is 2. The highest BCUT2D eigenvalue weighted by atomic mass is 16.6. The van der Waals surface area contributed by atoms with Crippen LogP contribution in [0.1, 0.15) is 58.2 Å². The predicted molar refractivity (Wildman–Crippen MR) is 133 cm³/mol. The van der Waals surface area contributed by atoms with Crippen molar-refractivity contribution in [2.75, 3.05) is 0 Å². The molecule has 0 radical (unpaired) electrons. The second-order valence-corrected chi connectivity index (χ2v) is 10.7. The first-order chi connectivity index (χ1) is 15.7. The lowest BCUT2D eigenvalue weighted by molar-refractivity contribution is -0.0709. The number of phenolic OH excluding ortho intramolecular Hbond substituents is 2. The molecule has 0 bridgehead atoms. The summed E-state index contributed by atoms with van der Waals surface area (Å²) in [4.78, 5) is 11.3. The molecule has 6 nitrogen and oxygen atoms in total. The summed E-state index contributed by atoms with van der Waals surface area (Å²) in [5, 5.41) is 39.6. The van der Waals surface area contributed by atoms with Crippen LogP contribution in [-0.2, 0) is 17.4 Å². The molecule has 0 saturated carbocycles. The minimum Gasteiger partial charge on any atom is -0.508 e. The van der Waals surface area contributed by atoms with Crippen LogP contribution in [0.25, 0.3) is 22.3 Å². The minimum absolute atomic E-state index is 0.172. The van der Waals surface area contributed by atoms with Gasteiger partial charge in [-0.1, -0.05) is 53.7 Å². The van der Waals surface area contributed by atoms with E-state index in [2.05, 4.69) is 41.5 Å². The maximum Gasteiger partial charge on any atom is 0.431 e. The molecule has 0 aromatic heterocycles. The molecule has 3 rings (SSSR count). The van der Waals surface area contributed by atoms with Gasteiger partial charge in [-0.15, -0.1) is 0 Å². The van der Waals surface area contributed by atoms with E-state index >= 15 is 0 Å². The third-order valence-corrected chi connectivity index (χ3v) is 5.79. The number of benzene rings is 3. The number of carbonyl (C=O) groups is 1. The van der Waals surface area contributed by atoms with Crippen molar-refractivity contribution in [2.24, 2.45) is 0 Å². The Hall–Kier alpha value is -3.51. The van der Waals surface area contributed by atoms with E-state index in [0.717, 1.165) is 33.4 Å². The number of amides is 1. The zero-order chi connectivity index (χ0) is 25.4. The Morgan fingerprint density at radius 2 is 1.15 bits per heavy atom. The van der Waals surface area contributed by atoms with Crippen LogP contribution in [0.3, 0.4) is 0 Å². The number of hydrogen-bond acceptors (Lipinski definition) is 4. The molecule has 3 aromatic rings. The summed E-state index contributed by atoms with van der Waals surface area (Å²) in [6.07, 6.45) is -1.44. The van der Waals surface area contributed by atoms with Gasteiger partial charge < -0.3 is 15.3 Å². The van der Waals surface area contributed by atoms with Crippen LogP contribution in [0.5, 0.6) is 11.5 Å². The third-order valence-electron chi connectivity index (χ3n) is 5.79. The lowest BCUT2D eigenvalue weighted by atomic mass is 9.79. The van der Waals surface area contributed by atoms with E-state index in [-0.39, 0.29) is 33.9 Å². The van der Waals surface area contributed by atoms with Crippen molar-refractivity contribution in [1.82, 2.24) is 5.06 Å². The van der Waals surface area contributed by atoms with E-state index in [1.54, 1.807) is 24.3 Å². The minimum atomic E-state index is -1.44. The highest BCUT2D eigenvalue weighted by molar-refractivity contribution is 5.79. The summed E-state index contributed by atoms with van der Waals surface area (Å²) in [7, 11) is 0. The van der Waals surface area contributed by atoms with Crippen LogP contribution < -0.4 is 0 Å². The van der Waals surface area contributed by atoms with Gasteiger partial charge in [0.05, 0.1) is 6.54 Å². The molecule has 34 heavy (non-hydrogen) atoms. The number of carboxylic acid groups (broad SMARTS) is 1. The Morgan fingerprint density at radius 1 is 0.735 bits per heavy atom. The second-order valence-electron chi connectivity index (χ2n) is 10.7. The summed E-state index contributed by atoms with van der Waals surface area (Å²) in [6.45, 7) is 12.2. The number of aromatic hydroxyl groups is 2. The molecule has 0 heterocycles. The summed E-state index contributed by atoms with van der Waals surface area (Å²) < 4.78 is 0. The number of phenols is 2. The molecule has 180 valence electrons.